The van der Waals surface area contributed by atoms with Gasteiger partial charge in [-0.3, -0.25) is 4.79 Å². The lowest BCUT2D eigenvalue weighted by Crippen LogP contribution is -2.41. The van der Waals surface area contributed by atoms with E-state index in [1.807, 2.05) is 13.8 Å². The van der Waals surface area contributed by atoms with Crippen LogP contribution in [0.25, 0.3) is 0 Å². The van der Waals surface area contributed by atoms with Crippen molar-refractivity contribution in [3.8, 4) is 0 Å². The molecule has 4 heteroatoms. The Labute approximate surface area is 79.5 Å². The molecule has 2 unspecified atom stereocenters. The average Bonchev–Trinajstić information content (AvgIpc) is 2.04. The summed E-state index contributed by atoms with van der Waals surface area (Å²) in [6, 6.07) is 0.0433. The van der Waals surface area contributed by atoms with E-state index in [0.29, 0.717) is 12.5 Å². The largest absolute Gasteiger partial charge is 0.395 e. The predicted molar refractivity (Wildman–Crippen MR) is 52.1 cm³/mol. The molecule has 0 spiro atoms. The number of primary amides is 1. The second-order valence-electron chi connectivity index (χ2n) is 3.74. The lowest BCUT2D eigenvalue weighted by molar-refractivity contribution is -0.121. The number of rotatable bonds is 6. The zero-order chi connectivity index (χ0) is 10.4. The van der Waals surface area contributed by atoms with Gasteiger partial charge in [0, 0.05) is 18.5 Å². The summed E-state index contributed by atoms with van der Waals surface area (Å²) in [6.07, 6.45) is 0. The Hall–Kier alpha value is -0.610. The Balaban J connectivity index is 3.78. The number of aliphatic hydroxyl groups is 1. The molecule has 0 heterocycles. The third kappa shape index (κ3) is 4.85. The van der Waals surface area contributed by atoms with Gasteiger partial charge in [-0.25, -0.2) is 0 Å². The Morgan fingerprint density at radius 1 is 1.46 bits per heavy atom. The summed E-state index contributed by atoms with van der Waals surface area (Å²) in [5.74, 6) is -0.147. The van der Waals surface area contributed by atoms with Crippen molar-refractivity contribution in [2.45, 2.75) is 26.8 Å². The van der Waals surface area contributed by atoms with Gasteiger partial charge in [-0.1, -0.05) is 20.8 Å². The molecule has 0 rings (SSSR count). The lowest BCUT2D eigenvalue weighted by atomic mass is 10.0. The van der Waals surface area contributed by atoms with Crippen LogP contribution in [0.3, 0.4) is 0 Å². The molecule has 0 aliphatic carbocycles. The van der Waals surface area contributed by atoms with Crippen LogP contribution in [0.15, 0.2) is 0 Å². The minimum absolute atomic E-state index is 0.0433. The summed E-state index contributed by atoms with van der Waals surface area (Å²) in [5, 5.41) is 12.1. The van der Waals surface area contributed by atoms with Crippen molar-refractivity contribution >= 4 is 5.91 Å². The Bertz CT molecular complexity index is 160. The van der Waals surface area contributed by atoms with E-state index in [0.717, 1.165) is 0 Å². The van der Waals surface area contributed by atoms with Crippen molar-refractivity contribution in [2.24, 2.45) is 17.6 Å². The maximum absolute atomic E-state index is 10.7. The van der Waals surface area contributed by atoms with E-state index in [1.165, 1.54) is 0 Å². The fraction of sp³-hybridized carbons (Fsp3) is 0.889. The summed E-state index contributed by atoms with van der Waals surface area (Å²) in [7, 11) is 0. The standard InChI is InChI=1S/C9H20N2O2/c1-6(2)8(5-12)11-4-7(3)9(10)13/h6-8,11-12H,4-5H2,1-3H3,(H2,10,13). The van der Waals surface area contributed by atoms with Crippen molar-refractivity contribution in [1.82, 2.24) is 5.32 Å². The first-order valence-electron chi connectivity index (χ1n) is 4.62. The molecule has 0 aromatic rings. The fourth-order valence-corrected chi connectivity index (χ4v) is 0.940. The monoisotopic (exact) mass is 188 g/mol. The molecule has 13 heavy (non-hydrogen) atoms. The van der Waals surface area contributed by atoms with E-state index in [2.05, 4.69) is 5.32 Å². The number of carbonyl (C=O) groups excluding carboxylic acids is 1. The molecule has 0 aromatic heterocycles. The van der Waals surface area contributed by atoms with Crippen LogP contribution in [0, 0.1) is 11.8 Å². The highest BCUT2D eigenvalue weighted by atomic mass is 16.3. The first kappa shape index (κ1) is 12.4. The molecule has 0 saturated carbocycles. The van der Waals surface area contributed by atoms with E-state index >= 15 is 0 Å². The van der Waals surface area contributed by atoms with Crippen molar-refractivity contribution in [3.05, 3.63) is 0 Å². The van der Waals surface area contributed by atoms with Gasteiger partial charge in [0.05, 0.1) is 6.61 Å². The Kier molecular flexibility index (Phi) is 5.66. The minimum Gasteiger partial charge on any atom is -0.395 e. The molecule has 0 radical (unpaired) electrons. The van der Waals surface area contributed by atoms with Crippen LogP contribution in [0.2, 0.25) is 0 Å². The number of aliphatic hydroxyl groups excluding tert-OH is 1. The molecule has 0 aliphatic heterocycles. The number of amides is 1. The Morgan fingerprint density at radius 2 is 2.00 bits per heavy atom. The summed E-state index contributed by atoms with van der Waals surface area (Å²) in [6.45, 7) is 6.41. The van der Waals surface area contributed by atoms with Crippen LogP contribution in [-0.2, 0) is 4.79 Å². The maximum atomic E-state index is 10.7. The molecule has 1 amide bonds. The smallest absolute Gasteiger partial charge is 0.221 e. The molecular weight excluding hydrogens is 168 g/mol. The quantitative estimate of drug-likeness (QED) is 0.536. The molecule has 0 saturated heterocycles. The average molecular weight is 188 g/mol. The second kappa shape index (κ2) is 5.94. The van der Waals surface area contributed by atoms with Gasteiger partial charge < -0.3 is 16.2 Å². The van der Waals surface area contributed by atoms with E-state index in [4.69, 9.17) is 10.8 Å². The number of nitrogens with one attached hydrogen (secondary N) is 1. The van der Waals surface area contributed by atoms with Gasteiger partial charge in [0.1, 0.15) is 0 Å². The molecule has 78 valence electrons. The molecule has 2 atom stereocenters. The second-order valence-corrected chi connectivity index (χ2v) is 3.74. The topological polar surface area (TPSA) is 75.3 Å². The van der Waals surface area contributed by atoms with Gasteiger partial charge in [-0.2, -0.15) is 0 Å². The van der Waals surface area contributed by atoms with Crippen LogP contribution >= 0.6 is 0 Å². The lowest BCUT2D eigenvalue weighted by Gasteiger charge is -2.21. The van der Waals surface area contributed by atoms with Gasteiger partial charge in [0.2, 0.25) is 5.91 Å². The SMILES string of the molecule is CC(CNC(CO)C(C)C)C(N)=O. The molecule has 0 aliphatic rings. The normalized spacial score (nSPS) is 15.8. The highest BCUT2D eigenvalue weighted by Gasteiger charge is 2.14. The summed E-state index contributed by atoms with van der Waals surface area (Å²) < 4.78 is 0. The van der Waals surface area contributed by atoms with Gasteiger partial charge in [-0.05, 0) is 5.92 Å². The van der Waals surface area contributed by atoms with Crippen LogP contribution in [-0.4, -0.2) is 30.2 Å². The number of hydrogen-bond acceptors (Lipinski definition) is 3. The molecule has 0 aromatic carbocycles. The molecule has 4 N–H and O–H groups in total. The first-order chi connectivity index (χ1) is 5.99. The third-order valence-corrected chi connectivity index (χ3v) is 2.17. The maximum Gasteiger partial charge on any atom is 0.221 e. The first-order valence-corrected chi connectivity index (χ1v) is 4.62. The summed E-state index contributed by atoms with van der Waals surface area (Å²) in [4.78, 5) is 10.7. The van der Waals surface area contributed by atoms with E-state index in [9.17, 15) is 4.79 Å². The van der Waals surface area contributed by atoms with Gasteiger partial charge in [0.25, 0.3) is 0 Å². The highest BCUT2D eigenvalue weighted by Crippen LogP contribution is 2.01. The minimum atomic E-state index is -0.312. The van der Waals surface area contributed by atoms with Crippen LogP contribution in [0.1, 0.15) is 20.8 Å². The predicted octanol–water partition coefficient (Wildman–Crippen LogP) is -0.286. The van der Waals surface area contributed by atoms with E-state index < -0.39 is 0 Å². The fourth-order valence-electron chi connectivity index (χ4n) is 0.940. The summed E-state index contributed by atoms with van der Waals surface area (Å²) in [5.41, 5.74) is 5.10. The van der Waals surface area contributed by atoms with Crippen molar-refractivity contribution in [1.29, 1.82) is 0 Å². The highest BCUT2D eigenvalue weighted by molar-refractivity contribution is 5.76. The van der Waals surface area contributed by atoms with E-state index in [-0.39, 0.29) is 24.5 Å². The van der Waals surface area contributed by atoms with Crippen molar-refractivity contribution in [2.75, 3.05) is 13.2 Å². The van der Waals surface area contributed by atoms with Crippen molar-refractivity contribution in [3.63, 3.8) is 0 Å². The van der Waals surface area contributed by atoms with Crippen LogP contribution in [0.4, 0.5) is 0 Å². The third-order valence-electron chi connectivity index (χ3n) is 2.17. The molecule has 0 fully saturated rings. The van der Waals surface area contributed by atoms with Gasteiger partial charge in [-0.15, -0.1) is 0 Å². The van der Waals surface area contributed by atoms with E-state index in [1.54, 1.807) is 6.92 Å². The zero-order valence-corrected chi connectivity index (χ0v) is 8.58. The van der Waals surface area contributed by atoms with Crippen molar-refractivity contribution < 1.29 is 9.90 Å². The zero-order valence-electron chi connectivity index (χ0n) is 8.58. The number of hydrogen-bond donors (Lipinski definition) is 3. The number of carbonyl (C=O) groups is 1. The Morgan fingerprint density at radius 3 is 2.31 bits per heavy atom. The van der Waals surface area contributed by atoms with Gasteiger partial charge >= 0.3 is 0 Å². The van der Waals surface area contributed by atoms with Crippen LogP contribution < -0.4 is 11.1 Å². The molecular formula is C9H20N2O2. The van der Waals surface area contributed by atoms with Crippen LogP contribution in [0.5, 0.6) is 0 Å². The number of nitrogens with two attached hydrogens (primary N) is 1. The van der Waals surface area contributed by atoms with Gasteiger partial charge in [0.15, 0.2) is 0 Å². The molecule has 4 nitrogen and oxygen atoms in total. The molecule has 0 bridgehead atoms. The summed E-state index contributed by atoms with van der Waals surface area (Å²) >= 11 is 0.